The Labute approximate surface area is 126 Å². The maximum Gasteiger partial charge on any atom is 0.129 e. The number of rotatable bonds is 6. The number of aromatic nitrogens is 2. The van der Waals surface area contributed by atoms with Crippen LogP contribution in [0.4, 0.5) is 4.39 Å². The number of nitrogens with one attached hydrogen (secondary N) is 1. The molecule has 0 saturated carbocycles. The van der Waals surface area contributed by atoms with Gasteiger partial charge in [0.05, 0.1) is 5.69 Å². The van der Waals surface area contributed by atoms with Crippen molar-refractivity contribution in [1.82, 2.24) is 15.1 Å². The third-order valence-electron chi connectivity index (χ3n) is 3.84. The Morgan fingerprint density at radius 2 is 1.90 bits per heavy atom. The maximum atomic E-state index is 13.6. The summed E-state index contributed by atoms with van der Waals surface area (Å²) in [5.74, 6) is -0.106. The fraction of sp³-hybridized carbons (Fsp3) is 0.471. The van der Waals surface area contributed by atoms with Crippen LogP contribution in [0.5, 0.6) is 0 Å². The van der Waals surface area contributed by atoms with Crippen LogP contribution in [-0.2, 0) is 13.1 Å². The van der Waals surface area contributed by atoms with Crippen LogP contribution in [0.25, 0.3) is 0 Å². The molecule has 1 aromatic heterocycles. The average molecular weight is 289 g/mol. The lowest BCUT2D eigenvalue weighted by Gasteiger charge is -2.09. The predicted molar refractivity (Wildman–Crippen MR) is 83.6 cm³/mol. The highest BCUT2D eigenvalue weighted by Gasteiger charge is 2.06. The largest absolute Gasteiger partial charge is 0.307 e. The van der Waals surface area contributed by atoms with E-state index in [1.807, 2.05) is 29.1 Å². The van der Waals surface area contributed by atoms with E-state index in [1.165, 1.54) is 0 Å². The second-order valence-electron chi connectivity index (χ2n) is 5.69. The number of hydrogen-bond donors (Lipinski definition) is 1. The molecule has 0 aliphatic heterocycles. The molecule has 1 aromatic carbocycles. The average Bonchev–Trinajstić information content (AvgIpc) is 2.92. The van der Waals surface area contributed by atoms with Crippen LogP contribution in [0.3, 0.4) is 0 Å². The van der Waals surface area contributed by atoms with Crippen LogP contribution in [-0.4, -0.2) is 9.78 Å². The molecule has 21 heavy (non-hydrogen) atoms. The second kappa shape index (κ2) is 6.85. The monoisotopic (exact) mass is 289 g/mol. The molecular weight excluding hydrogens is 265 g/mol. The molecule has 0 spiro atoms. The first kappa shape index (κ1) is 15.7. The van der Waals surface area contributed by atoms with E-state index in [1.54, 1.807) is 13.8 Å². The van der Waals surface area contributed by atoms with Crippen molar-refractivity contribution in [2.24, 2.45) is 0 Å². The summed E-state index contributed by atoms with van der Waals surface area (Å²) in [6.07, 6.45) is 3.10. The van der Waals surface area contributed by atoms with Crippen LogP contribution in [0.1, 0.15) is 48.7 Å². The molecule has 3 nitrogen and oxygen atoms in total. The Hall–Kier alpha value is -1.68. The van der Waals surface area contributed by atoms with Gasteiger partial charge in [-0.05, 0) is 49.9 Å². The lowest BCUT2D eigenvalue weighted by molar-refractivity contribution is 0.471. The van der Waals surface area contributed by atoms with E-state index in [0.717, 1.165) is 30.8 Å². The van der Waals surface area contributed by atoms with Crippen molar-refractivity contribution in [2.45, 2.75) is 53.2 Å². The van der Waals surface area contributed by atoms with Crippen LogP contribution in [0.2, 0.25) is 0 Å². The molecular formula is C17H24FN3. The molecule has 0 radical (unpaired) electrons. The quantitative estimate of drug-likeness (QED) is 0.874. The molecule has 2 rings (SSSR count). The summed E-state index contributed by atoms with van der Waals surface area (Å²) < 4.78 is 15.6. The van der Waals surface area contributed by atoms with Crippen molar-refractivity contribution in [3.8, 4) is 0 Å². The van der Waals surface area contributed by atoms with Gasteiger partial charge in [-0.15, -0.1) is 0 Å². The van der Waals surface area contributed by atoms with Crippen molar-refractivity contribution in [2.75, 3.05) is 0 Å². The third-order valence-corrected chi connectivity index (χ3v) is 3.84. The van der Waals surface area contributed by atoms with Gasteiger partial charge >= 0.3 is 0 Å². The molecule has 1 unspecified atom stereocenters. The minimum Gasteiger partial charge on any atom is -0.307 e. The van der Waals surface area contributed by atoms with Crippen molar-refractivity contribution >= 4 is 0 Å². The molecule has 0 bridgehead atoms. The van der Waals surface area contributed by atoms with E-state index < -0.39 is 0 Å². The van der Waals surface area contributed by atoms with Gasteiger partial charge in [-0.1, -0.05) is 19.1 Å². The summed E-state index contributed by atoms with van der Waals surface area (Å²) in [6, 6.07) is 6.27. The fourth-order valence-electron chi connectivity index (χ4n) is 2.38. The molecule has 0 fully saturated rings. The predicted octanol–water partition coefficient (Wildman–Crippen LogP) is 3.90. The van der Waals surface area contributed by atoms with E-state index >= 15 is 0 Å². The first-order chi connectivity index (χ1) is 10.0. The van der Waals surface area contributed by atoms with E-state index in [0.29, 0.717) is 17.2 Å². The van der Waals surface area contributed by atoms with Gasteiger partial charge in [0.1, 0.15) is 5.82 Å². The molecule has 0 amide bonds. The molecule has 114 valence electrons. The Bertz CT molecular complexity index is 581. The number of aryl methyl sites for hydroxylation is 2. The Kier molecular flexibility index (Phi) is 5.12. The van der Waals surface area contributed by atoms with Crippen LogP contribution in [0.15, 0.2) is 24.4 Å². The fourth-order valence-corrected chi connectivity index (χ4v) is 2.38. The van der Waals surface area contributed by atoms with Gasteiger partial charge < -0.3 is 5.32 Å². The summed E-state index contributed by atoms with van der Waals surface area (Å²) >= 11 is 0. The lowest BCUT2D eigenvalue weighted by atomic mass is 10.1. The van der Waals surface area contributed by atoms with E-state index in [4.69, 9.17) is 0 Å². The highest BCUT2D eigenvalue weighted by atomic mass is 19.1. The van der Waals surface area contributed by atoms with Crippen molar-refractivity contribution in [3.63, 3.8) is 0 Å². The molecule has 4 heteroatoms. The summed E-state index contributed by atoms with van der Waals surface area (Å²) in [5, 5.41) is 7.92. The number of hydrogen-bond acceptors (Lipinski definition) is 2. The molecule has 0 aliphatic carbocycles. The van der Waals surface area contributed by atoms with Crippen LogP contribution < -0.4 is 5.32 Å². The normalized spacial score (nSPS) is 12.6. The number of halogens is 1. The zero-order valence-electron chi connectivity index (χ0n) is 13.3. The molecule has 1 atom stereocenters. The van der Waals surface area contributed by atoms with Gasteiger partial charge in [-0.3, -0.25) is 4.68 Å². The second-order valence-corrected chi connectivity index (χ2v) is 5.69. The maximum absolute atomic E-state index is 13.6. The number of nitrogens with zero attached hydrogens (tertiary/aromatic N) is 2. The smallest absolute Gasteiger partial charge is 0.129 e. The molecule has 1 heterocycles. The van der Waals surface area contributed by atoms with Crippen molar-refractivity contribution < 1.29 is 4.39 Å². The van der Waals surface area contributed by atoms with Gasteiger partial charge in [0.2, 0.25) is 0 Å². The molecule has 0 saturated heterocycles. The molecule has 2 aromatic rings. The standard InChI is InChI=1S/C17H24FN3/c1-5-14(4)21-7-6-16(20-21)11-19-10-15-8-12(2)17(18)13(3)9-15/h6-9,14,19H,5,10-11H2,1-4H3. The minimum atomic E-state index is -0.106. The van der Waals surface area contributed by atoms with Crippen molar-refractivity contribution in [3.05, 3.63) is 52.6 Å². The highest BCUT2D eigenvalue weighted by Crippen LogP contribution is 2.15. The van der Waals surface area contributed by atoms with Gasteiger partial charge in [-0.25, -0.2) is 4.39 Å². The van der Waals surface area contributed by atoms with Gasteiger partial charge in [0.25, 0.3) is 0 Å². The SMILES string of the molecule is CCC(C)n1ccc(CNCc2cc(C)c(F)c(C)c2)n1. The zero-order chi connectivity index (χ0) is 15.4. The molecule has 1 N–H and O–H groups in total. The summed E-state index contributed by atoms with van der Waals surface area (Å²) in [4.78, 5) is 0. The summed E-state index contributed by atoms with van der Waals surface area (Å²) in [5.41, 5.74) is 3.54. The van der Waals surface area contributed by atoms with Gasteiger partial charge in [0.15, 0.2) is 0 Å². The Morgan fingerprint density at radius 3 is 2.52 bits per heavy atom. The third kappa shape index (κ3) is 3.91. The summed E-state index contributed by atoms with van der Waals surface area (Å²) in [7, 11) is 0. The van der Waals surface area contributed by atoms with Crippen molar-refractivity contribution in [1.29, 1.82) is 0 Å². The van der Waals surface area contributed by atoms with Gasteiger partial charge in [-0.2, -0.15) is 5.10 Å². The Morgan fingerprint density at radius 1 is 1.24 bits per heavy atom. The van der Waals surface area contributed by atoms with Crippen LogP contribution >= 0.6 is 0 Å². The first-order valence-corrected chi connectivity index (χ1v) is 7.51. The topological polar surface area (TPSA) is 29.9 Å². The van der Waals surface area contributed by atoms with Gasteiger partial charge in [0, 0.05) is 25.3 Å². The number of benzene rings is 1. The zero-order valence-corrected chi connectivity index (χ0v) is 13.3. The lowest BCUT2D eigenvalue weighted by Crippen LogP contribution is -2.14. The van der Waals surface area contributed by atoms with Crippen LogP contribution in [0, 0.1) is 19.7 Å². The van der Waals surface area contributed by atoms with E-state index in [2.05, 4.69) is 24.3 Å². The highest BCUT2D eigenvalue weighted by molar-refractivity contribution is 5.30. The van der Waals surface area contributed by atoms with E-state index in [9.17, 15) is 4.39 Å². The van der Waals surface area contributed by atoms with E-state index in [-0.39, 0.29) is 5.82 Å². The molecule has 0 aliphatic rings. The minimum absolute atomic E-state index is 0.106. The summed E-state index contributed by atoms with van der Waals surface area (Å²) in [6.45, 7) is 9.37. The first-order valence-electron chi connectivity index (χ1n) is 7.51. The Balaban J connectivity index is 1.91.